The first-order valence-electron chi connectivity index (χ1n) is 8.25. The van der Waals surface area contributed by atoms with Crippen LogP contribution in [0.3, 0.4) is 0 Å². The number of carbonyl (C=O) groups is 1. The molecule has 6 nitrogen and oxygen atoms in total. The van der Waals surface area contributed by atoms with Crippen LogP contribution in [0.5, 0.6) is 0 Å². The number of ether oxygens (including phenoxy) is 1. The molecule has 2 aromatic carbocycles. The molecular formula is C20H18N2O4S. The molecule has 0 saturated carbocycles. The normalized spacial score (nSPS) is 11.1. The second-order valence-electron chi connectivity index (χ2n) is 5.74. The Hall–Kier alpha value is -3.03. The number of hydrogen-bond acceptors (Lipinski definition) is 5. The first kappa shape index (κ1) is 18.8. The van der Waals surface area contributed by atoms with Crippen molar-refractivity contribution < 1.29 is 17.9 Å². The van der Waals surface area contributed by atoms with Gasteiger partial charge in [0, 0.05) is 12.7 Å². The third-order valence-electron chi connectivity index (χ3n) is 3.77. The highest BCUT2D eigenvalue weighted by atomic mass is 32.2. The summed E-state index contributed by atoms with van der Waals surface area (Å²) < 4.78 is 32.7. The SMILES string of the molecule is O=C(OCc1ccccn1)c1cccc(S(=O)(=O)NCc2ccccc2)c1. The zero-order chi connectivity index (χ0) is 19.1. The molecule has 3 aromatic rings. The Morgan fingerprint density at radius 3 is 2.48 bits per heavy atom. The van der Waals surface area contributed by atoms with Gasteiger partial charge in [0.15, 0.2) is 0 Å². The minimum atomic E-state index is -3.75. The van der Waals surface area contributed by atoms with E-state index in [1.165, 1.54) is 24.3 Å². The van der Waals surface area contributed by atoms with Gasteiger partial charge in [0.05, 0.1) is 16.2 Å². The van der Waals surface area contributed by atoms with E-state index >= 15 is 0 Å². The van der Waals surface area contributed by atoms with Crippen molar-refractivity contribution in [2.24, 2.45) is 0 Å². The van der Waals surface area contributed by atoms with Crippen LogP contribution in [0, 0.1) is 0 Å². The highest BCUT2D eigenvalue weighted by Crippen LogP contribution is 2.14. The van der Waals surface area contributed by atoms with E-state index in [1.54, 1.807) is 24.4 Å². The minimum Gasteiger partial charge on any atom is -0.456 e. The van der Waals surface area contributed by atoms with Crippen LogP contribution < -0.4 is 4.72 Å². The molecule has 0 unspecified atom stereocenters. The van der Waals surface area contributed by atoms with Gasteiger partial charge >= 0.3 is 5.97 Å². The summed E-state index contributed by atoms with van der Waals surface area (Å²) >= 11 is 0. The third-order valence-corrected chi connectivity index (χ3v) is 5.17. The van der Waals surface area contributed by atoms with Crippen molar-refractivity contribution in [2.75, 3.05) is 0 Å². The second kappa shape index (κ2) is 8.57. The summed E-state index contributed by atoms with van der Waals surface area (Å²) in [6.07, 6.45) is 1.61. The molecule has 0 aliphatic rings. The number of nitrogens with zero attached hydrogens (tertiary/aromatic N) is 1. The molecule has 0 saturated heterocycles. The van der Waals surface area contributed by atoms with Crippen molar-refractivity contribution in [1.29, 1.82) is 0 Å². The molecule has 1 heterocycles. The lowest BCUT2D eigenvalue weighted by Gasteiger charge is -2.09. The quantitative estimate of drug-likeness (QED) is 0.635. The van der Waals surface area contributed by atoms with Crippen molar-refractivity contribution in [2.45, 2.75) is 18.0 Å². The predicted octanol–water partition coefficient (Wildman–Crippen LogP) is 2.92. The first-order chi connectivity index (χ1) is 13.0. The molecule has 1 aromatic heterocycles. The van der Waals surface area contributed by atoms with Crippen LogP contribution in [-0.4, -0.2) is 19.4 Å². The summed E-state index contributed by atoms with van der Waals surface area (Å²) in [5.41, 5.74) is 1.61. The van der Waals surface area contributed by atoms with E-state index in [0.717, 1.165) is 5.56 Å². The van der Waals surface area contributed by atoms with E-state index in [0.29, 0.717) is 5.69 Å². The van der Waals surface area contributed by atoms with Gasteiger partial charge in [-0.2, -0.15) is 0 Å². The number of aromatic nitrogens is 1. The van der Waals surface area contributed by atoms with Crippen LogP contribution in [0.1, 0.15) is 21.6 Å². The first-order valence-corrected chi connectivity index (χ1v) is 9.73. The van der Waals surface area contributed by atoms with Crippen molar-refractivity contribution in [3.63, 3.8) is 0 Å². The van der Waals surface area contributed by atoms with Gasteiger partial charge in [-0.05, 0) is 35.9 Å². The average Bonchev–Trinajstić information content (AvgIpc) is 2.72. The Bertz CT molecular complexity index is 1010. The summed E-state index contributed by atoms with van der Waals surface area (Å²) in [5, 5.41) is 0. The molecule has 3 rings (SSSR count). The molecule has 1 N–H and O–H groups in total. The minimum absolute atomic E-state index is 0.00529. The molecule has 0 spiro atoms. The summed E-state index contributed by atoms with van der Waals surface area (Å²) in [7, 11) is -3.75. The zero-order valence-corrected chi connectivity index (χ0v) is 15.2. The molecule has 0 fully saturated rings. The van der Waals surface area contributed by atoms with Crippen LogP contribution in [0.2, 0.25) is 0 Å². The topological polar surface area (TPSA) is 85.4 Å². The largest absolute Gasteiger partial charge is 0.456 e. The van der Waals surface area contributed by atoms with Crippen molar-refractivity contribution in [3.05, 3.63) is 95.8 Å². The summed E-state index contributed by atoms with van der Waals surface area (Å²) in [5.74, 6) is -0.610. The van der Waals surface area contributed by atoms with E-state index in [1.807, 2.05) is 30.3 Å². The van der Waals surface area contributed by atoms with Crippen molar-refractivity contribution in [3.8, 4) is 0 Å². The number of hydrogen-bond donors (Lipinski definition) is 1. The van der Waals surface area contributed by atoms with E-state index in [9.17, 15) is 13.2 Å². The molecule has 0 radical (unpaired) electrons. The molecule has 7 heteroatoms. The number of carbonyl (C=O) groups excluding carboxylic acids is 1. The van der Waals surface area contributed by atoms with Gasteiger partial charge < -0.3 is 4.74 Å². The Balaban J connectivity index is 1.67. The Morgan fingerprint density at radius 1 is 0.963 bits per heavy atom. The maximum absolute atomic E-state index is 12.5. The molecule has 0 amide bonds. The number of rotatable bonds is 7. The van der Waals surface area contributed by atoms with Gasteiger partial charge in [0.1, 0.15) is 6.61 Å². The van der Waals surface area contributed by atoms with Gasteiger partial charge in [-0.3, -0.25) is 4.98 Å². The standard InChI is InChI=1S/C20H18N2O4S/c23-20(26-15-18-10-4-5-12-21-18)17-9-6-11-19(13-17)27(24,25)22-14-16-7-2-1-3-8-16/h1-13,22H,14-15H2. The number of nitrogens with one attached hydrogen (secondary N) is 1. The average molecular weight is 382 g/mol. The van der Waals surface area contributed by atoms with E-state index in [4.69, 9.17) is 4.74 Å². The number of pyridine rings is 1. The van der Waals surface area contributed by atoms with Crippen molar-refractivity contribution in [1.82, 2.24) is 9.71 Å². The lowest BCUT2D eigenvalue weighted by molar-refractivity contribution is 0.0467. The van der Waals surface area contributed by atoms with Gasteiger partial charge in [0.2, 0.25) is 10.0 Å². The van der Waals surface area contributed by atoms with Crippen LogP contribution in [0.4, 0.5) is 0 Å². The molecule has 27 heavy (non-hydrogen) atoms. The zero-order valence-electron chi connectivity index (χ0n) is 14.4. The fraction of sp³-hybridized carbons (Fsp3) is 0.100. The lowest BCUT2D eigenvalue weighted by Crippen LogP contribution is -2.23. The van der Waals surface area contributed by atoms with Gasteiger partial charge in [0.25, 0.3) is 0 Å². The lowest BCUT2D eigenvalue weighted by atomic mass is 10.2. The van der Waals surface area contributed by atoms with E-state index in [2.05, 4.69) is 9.71 Å². The maximum atomic E-state index is 12.5. The van der Waals surface area contributed by atoms with Crippen LogP contribution >= 0.6 is 0 Å². The highest BCUT2D eigenvalue weighted by Gasteiger charge is 2.17. The number of esters is 1. The summed E-state index contributed by atoms with van der Waals surface area (Å²) in [6.45, 7) is 0.181. The maximum Gasteiger partial charge on any atom is 0.338 e. The van der Waals surface area contributed by atoms with Crippen molar-refractivity contribution >= 4 is 16.0 Å². The Morgan fingerprint density at radius 2 is 1.74 bits per heavy atom. The highest BCUT2D eigenvalue weighted by molar-refractivity contribution is 7.89. The smallest absolute Gasteiger partial charge is 0.338 e. The van der Waals surface area contributed by atoms with Gasteiger partial charge in [-0.1, -0.05) is 42.5 Å². The molecule has 0 aliphatic carbocycles. The number of benzene rings is 2. The molecule has 0 aliphatic heterocycles. The van der Waals surface area contributed by atoms with E-state index < -0.39 is 16.0 Å². The Labute approximate surface area is 157 Å². The monoisotopic (exact) mass is 382 g/mol. The van der Waals surface area contributed by atoms with E-state index in [-0.39, 0.29) is 23.6 Å². The molecule has 138 valence electrons. The molecule has 0 atom stereocenters. The summed E-state index contributed by atoms with van der Waals surface area (Å²) in [6, 6.07) is 20.2. The summed E-state index contributed by atoms with van der Waals surface area (Å²) in [4.78, 5) is 16.3. The Kier molecular flexibility index (Phi) is 5.95. The van der Waals surface area contributed by atoms with Gasteiger partial charge in [-0.25, -0.2) is 17.9 Å². The van der Waals surface area contributed by atoms with Crippen LogP contribution in [0.15, 0.2) is 83.9 Å². The third kappa shape index (κ3) is 5.22. The predicted molar refractivity (Wildman–Crippen MR) is 100 cm³/mol. The number of sulfonamides is 1. The fourth-order valence-electron chi connectivity index (χ4n) is 2.35. The van der Waals surface area contributed by atoms with Crippen LogP contribution in [0.25, 0.3) is 0 Å². The van der Waals surface area contributed by atoms with Gasteiger partial charge in [-0.15, -0.1) is 0 Å². The fourth-order valence-corrected chi connectivity index (χ4v) is 3.42. The second-order valence-corrected chi connectivity index (χ2v) is 7.50. The van der Waals surface area contributed by atoms with Crippen LogP contribution in [-0.2, 0) is 27.9 Å². The molecule has 0 bridgehead atoms. The molecular weight excluding hydrogens is 364 g/mol.